The van der Waals surface area contributed by atoms with Gasteiger partial charge in [0.2, 0.25) is 0 Å². The van der Waals surface area contributed by atoms with Crippen molar-refractivity contribution in [2.75, 3.05) is 6.54 Å². The first-order valence-electron chi connectivity index (χ1n) is 6.09. The molecule has 1 aromatic heterocycles. The quantitative estimate of drug-likeness (QED) is 0.789. The van der Waals surface area contributed by atoms with Gasteiger partial charge >= 0.3 is 0 Å². The van der Waals surface area contributed by atoms with E-state index in [-0.39, 0.29) is 5.78 Å². The molecule has 1 saturated carbocycles. The molecule has 2 aromatic rings. The normalized spacial score (nSPS) is 15.4. The zero-order valence-corrected chi connectivity index (χ0v) is 9.92. The zero-order chi connectivity index (χ0) is 11.8. The molecule has 1 aromatic carbocycles. The average Bonchev–Trinajstić information content (AvgIpc) is 3.07. The SMILES string of the molecule is Cc1[nH]c2ccccc2c1C(=O)CNC1CC1. The van der Waals surface area contributed by atoms with Gasteiger partial charge in [0.15, 0.2) is 5.78 Å². The molecule has 0 bridgehead atoms. The zero-order valence-electron chi connectivity index (χ0n) is 9.92. The van der Waals surface area contributed by atoms with Gasteiger partial charge in [-0.3, -0.25) is 4.79 Å². The van der Waals surface area contributed by atoms with Crippen LogP contribution in [0.4, 0.5) is 0 Å². The number of carbonyl (C=O) groups is 1. The van der Waals surface area contributed by atoms with Gasteiger partial charge in [0, 0.05) is 28.2 Å². The summed E-state index contributed by atoms with van der Waals surface area (Å²) in [5, 5.41) is 4.31. The molecule has 1 heterocycles. The van der Waals surface area contributed by atoms with Crippen LogP contribution in [0.15, 0.2) is 24.3 Å². The molecule has 0 saturated heterocycles. The molecule has 0 aliphatic heterocycles. The predicted molar refractivity (Wildman–Crippen MR) is 68.4 cm³/mol. The summed E-state index contributed by atoms with van der Waals surface area (Å²) in [6.45, 7) is 2.41. The van der Waals surface area contributed by atoms with Gasteiger partial charge < -0.3 is 10.3 Å². The van der Waals surface area contributed by atoms with Crippen LogP contribution in [0.2, 0.25) is 0 Å². The van der Waals surface area contributed by atoms with Crippen molar-refractivity contribution in [3.63, 3.8) is 0 Å². The number of carbonyl (C=O) groups excluding carboxylic acids is 1. The summed E-state index contributed by atoms with van der Waals surface area (Å²) in [5.41, 5.74) is 2.85. The van der Waals surface area contributed by atoms with E-state index in [1.165, 1.54) is 12.8 Å². The van der Waals surface area contributed by atoms with E-state index >= 15 is 0 Å². The molecule has 0 unspecified atom stereocenters. The number of rotatable bonds is 4. The molecule has 3 nitrogen and oxygen atoms in total. The number of aromatic amines is 1. The van der Waals surface area contributed by atoms with Crippen LogP contribution >= 0.6 is 0 Å². The topological polar surface area (TPSA) is 44.9 Å². The minimum atomic E-state index is 0.187. The van der Waals surface area contributed by atoms with Gasteiger partial charge in [-0.05, 0) is 25.8 Å². The lowest BCUT2D eigenvalue weighted by atomic mass is 10.1. The Morgan fingerprint density at radius 3 is 2.94 bits per heavy atom. The Bertz CT molecular complexity index is 567. The Hall–Kier alpha value is -1.61. The molecule has 0 spiro atoms. The first-order valence-corrected chi connectivity index (χ1v) is 6.09. The maximum absolute atomic E-state index is 12.2. The number of aromatic nitrogens is 1. The van der Waals surface area contributed by atoms with Crippen molar-refractivity contribution >= 4 is 16.7 Å². The first-order chi connectivity index (χ1) is 8.25. The number of para-hydroxylation sites is 1. The Morgan fingerprint density at radius 1 is 1.41 bits per heavy atom. The summed E-state index contributed by atoms with van der Waals surface area (Å²) in [6, 6.07) is 8.54. The maximum atomic E-state index is 12.2. The van der Waals surface area contributed by atoms with Crippen LogP contribution in [0.3, 0.4) is 0 Å². The van der Waals surface area contributed by atoms with Gasteiger partial charge in [0.05, 0.1) is 6.54 Å². The second-order valence-corrected chi connectivity index (χ2v) is 4.75. The molecule has 0 atom stereocenters. The van der Waals surface area contributed by atoms with E-state index in [0.29, 0.717) is 12.6 Å². The summed E-state index contributed by atoms with van der Waals surface area (Å²) in [7, 11) is 0. The number of nitrogens with one attached hydrogen (secondary N) is 2. The molecule has 88 valence electrons. The highest BCUT2D eigenvalue weighted by Gasteiger charge is 2.23. The van der Waals surface area contributed by atoms with E-state index in [2.05, 4.69) is 10.3 Å². The smallest absolute Gasteiger partial charge is 0.179 e. The summed E-state index contributed by atoms with van der Waals surface area (Å²) >= 11 is 0. The van der Waals surface area contributed by atoms with Gasteiger partial charge in [-0.25, -0.2) is 0 Å². The van der Waals surface area contributed by atoms with Gasteiger partial charge in [-0.15, -0.1) is 0 Å². The van der Waals surface area contributed by atoms with Crippen molar-refractivity contribution in [2.24, 2.45) is 0 Å². The van der Waals surface area contributed by atoms with Crippen molar-refractivity contribution in [3.8, 4) is 0 Å². The van der Waals surface area contributed by atoms with Gasteiger partial charge in [-0.1, -0.05) is 18.2 Å². The standard InChI is InChI=1S/C14H16N2O/c1-9-14(13(17)8-15-10-6-7-10)11-4-2-3-5-12(11)16-9/h2-5,10,15-16H,6-8H2,1H3. The number of H-pyrrole nitrogens is 1. The molecule has 1 fully saturated rings. The summed E-state index contributed by atoms with van der Waals surface area (Å²) in [4.78, 5) is 15.5. The summed E-state index contributed by atoms with van der Waals surface area (Å²) in [5.74, 6) is 0.187. The van der Waals surface area contributed by atoms with Crippen molar-refractivity contribution in [1.82, 2.24) is 10.3 Å². The highest BCUT2D eigenvalue weighted by atomic mass is 16.1. The lowest BCUT2D eigenvalue weighted by Gasteiger charge is -2.02. The molecule has 2 N–H and O–H groups in total. The minimum Gasteiger partial charge on any atom is -0.358 e. The first kappa shape index (κ1) is 10.5. The van der Waals surface area contributed by atoms with E-state index in [1.54, 1.807) is 0 Å². The van der Waals surface area contributed by atoms with E-state index in [9.17, 15) is 4.79 Å². The molecule has 17 heavy (non-hydrogen) atoms. The fraction of sp³-hybridized carbons (Fsp3) is 0.357. The van der Waals surface area contributed by atoms with Crippen LogP contribution < -0.4 is 5.32 Å². The van der Waals surface area contributed by atoms with Crippen LogP contribution in [-0.4, -0.2) is 23.4 Å². The molecule has 1 aliphatic rings. The van der Waals surface area contributed by atoms with Crippen molar-refractivity contribution < 1.29 is 4.79 Å². The lowest BCUT2D eigenvalue weighted by Crippen LogP contribution is -2.25. The van der Waals surface area contributed by atoms with E-state index < -0.39 is 0 Å². The molecule has 3 rings (SSSR count). The van der Waals surface area contributed by atoms with Crippen molar-refractivity contribution in [1.29, 1.82) is 0 Å². The number of fused-ring (bicyclic) bond motifs is 1. The Balaban J connectivity index is 1.91. The molecular weight excluding hydrogens is 212 g/mol. The van der Waals surface area contributed by atoms with Gasteiger partial charge in [0.1, 0.15) is 0 Å². The molecular formula is C14H16N2O. The second-order valence-electron chi connectivity index (χ2n) is 4.75. The van der Waals surface area contributed by atoms with E-state index in [0.717, 1.165) is 22.2 Å². The third-order valence-electron chi connectivity index (χ3n) is 3.30. The third-order valence-corrected chi connectivity index (χ3v) is 3.30. The molecule has 1 aliphatic carbocycles. The number of aryl methyl sites for hydroxylation is 1. The van der Waals surface area contributed by atoms with Gasteiger partial charge in [0.25, 0.3) is 0 Å². The van der Waals surface area contributed by atoms with E-state index in [4.69, 9.17) is 0 Å². The predicted octanol–water partition coefficient (Wildman–Crippen LogP) is 2.41. The highest BCUT2D eigenvalue weighted by molar-refractivity contribution is 6.10. The Kier molecular flexibility index (Phi) is 2.48. The second kappa shape index (κ2) is 4.00. The van der Waals surface area contributed by atoms with Crippen LogP contribution in [0.25, 0.3) is 10.9 Å². The largest absolute Gasteiger partial charge is 0.358 e. The Labute approximate surface area is 100 Å². The minimum absolute atomic E-state index is 0.187. The number of hydrogen-bond acceptors (Lipinski definition) is 2. The Morgan fingerprint density at radius 2 is 2.18 bits per heavy atom. The van der Waals surface area contributed by atoms with Crippen LogP contribution in [0.5, 0.6) is 0 Å². The molecule has 0 amide bonds. The molecule has 0 radical (unpaired) electrons. The summed E-state index contributed by atoms with van der Waals surface area (Å²) < 4.78 is 0. The summed E-state index contributed by atoms with van der Waals surface area (Å²) in [6.07, 6.45) is 2.42. The van der Waals surface area contributed by atoms with Crippen molar-refractivity contribution in [2.45, 2.75) is 25.8 Å². The van der Waals surface area contributed by atoms with Crippen molar-refractivity contribution in [3.05, 3.63) is 35.5 Å². The fourth-order valence-corrected chi connectivity index (χ4v) is 2.25. The lowest BCUT2D eigenvalue weighted by molar-refractivity contribution is 0.0991. The maximum Gasteiger partial charge on any atom is 0.179 e. The third kappa shape index (κ3) is 1.98. The number of ketones is 1. The average molecular weight is 228 g/mol. The van der Waals surface area contributed by atoms with Gasteiger partial charge in [-0.2, -0.15) is 0 Å². The number of Topliss-reactive ketones (excluding diaryl/α,β-unsaturated/α-hetero) is 1. The van der Waals surface area contributed by atoms with Crippen LogP contribution in [-0.2, 0) is 0 Å². The number of benzene rings is 1. The number of hydrogen-bond donors (Lipinski definition) is 2. The fourth-order valence-electron chi connectivity index (χ4n) is 2.25. The van der Waals surface area contributed by atoms with Crippen LogP contribution in [0, 0.1) is 6.92 Å². The molecule has 3 heteroatoms. The van der Waals surface area contributed by atoms with E-state index in [1.807, 2.05) is 31.2 Å². The monoisotopic (exact) mass is 228 g/mol. The highest BCUT2D eigenvalue weighted by Crippen LogP contribution is 2.23. The van der Waals surface area contributed by atoms with Crippen LogP contribution in [0.1, 0.15) is 28.9 Å².